The summed E-state index contributed by atoms with van der Waals surface area (Å²) in [5.41, 5.74) is 4.98. The predicted octanol–water partition coefficient (Wildman–Crippen LogP) is 3.63. The fourth-order valence-corrected chi connectivity index (χ4v) is 3.17. The summed E-state index contributed by atoms with van der Waals surface area (Å²) in [4.78, 5) is 21.3. The highest BCUT2D eigenvalue weighted by Crippen LogP contribution is 2.26. The number of carbonyl (C=O) groups is 1. The van der Waals surface area contributed by atoms with Gasteiger partial charge in [-0.2, -0.15) is 5.10 Å². The number of anilines is 2. The number of hydrogen-bond acceptors (Lipinski definition) is 5. The van der Waals surface area contributed by atoms with Gasteiger partial charge < -0.3 is 10.6 Å². The maximum Gasteiger partial charge on any atom is 0.255 e. The van der Waals surface area contributed by atoms with Gasteiger partial charge in [0.05, 0.1) is 11.2 Å². The summed E-state index contributed by atoms with van der Waals surface area (Å²) in [5.74, 6) is 0.549. The van der Waals surface area contributed by atoms with Crippen LogP contribution in [-0.4, -0.2) is 32.7 Å². The Morgan fingerprint density at radius 3 is 2.68 bits per heavy atom. The minimum absolute atomic E-state index is 0.184. The molecule has 2 N–H and O–H groups in total. The number of hydrogen-bond donors (Lipinski definition) is 2. The number of amides is 1. The lowest BCUT2D eigenvalue weighted by atomic mass is 10.1. The van der Waals surface area contributed by atoms with E-state index in [2.05, 4.69) is 25.7 Å². The van der Waals surface area contributed by atoms with E-state index in [-0.39, 0.29) is 5.91 Å². The molecule has 0 aliphatic heterocycles. The van der Waals surface area contributed by atoms with Crippen LogP contribution in [0.25, 0.3) is 22.2 Å². The Kier molecular flexibility index (Phi) is 4.49. The smallest absolute Gasteiger partial charge is 0.255 e. The molecule has 140 valence electrons. The monoisotopic (exact) mass is 372 g/mol. The first-order valence-corrected chi connectivity index (χ1v) is 8.89. The van der Waals surface area contributed by atoms with Crippen molar-refractivity contribution in [2.45, 2.75) is 6.92 Å². The third-order valence-corrected chi connectivity index (χ3v) is 4.74. The topological polar surface area (TPSA) is 84.7 Å². The van der Waals surface area contributed by atoms with Crippen molar-refractivity contribution in [3.63, 3.8) is 0 Å². The molecule has 0 saturated carbocycles. The molecule has 7 nitrogen and oxygen atoms in total. The average molecular weight is 372 g/mol. The number of aromatic nitrogens is 4. The van der Waals surface area contributed by atoms with Crippen LogP contribution in [0, 0.1) is 6.92 Å². The van der Waals surface area contributed by atoms with Crippen molar-refractivity contribution in [2.75, 3.05) is 17.7 Å². The third kappa shape index (κ3) is 3.18. The summed E-state index contributed by atoms with van der Waals surface area (Å²) < 4.78 is 1.80. The molecule has 1 amide bonds. The van der Waals surface area contributed by atoms with Gasteiger partial charge in [0.25, 0.3) is 5.91 Å². The predicted molar refractivity (Wildman–Crippen MR) is 110 cm³/mol. The average Bonchev–Trinajstić information content (AvgIpc) is 3.14. The number of fused-ring (bicyclic) bond motifs is 1. The molecule has 0 aliphatic carbocycles. The van der Waals surface area contributed by atoms with Gasteiger partial charge in [-0.3, -0.25) is 9.48 Å². The summed E-state index contributed by atoms with van der Waals surface area (Å²) in [6.07, 6.45) is 3.24. The molecular formula is C21H20N6O. The number of rotatable bonds is 4. The van der Waals surface area contributed by atoms with Gasteiger partial charge >= 0.3 is 0 Å². The molecule has 7 heteroatoms. The van der Waals surface area contributed by atoms with Crippen LogP contribution in [0.2, 0.25) is 0 Å². The van der Waals surface area contributed by atoms with Crippen molar-refractivity contribution >= 4 is 28.3 Å². The van der Waals surface area contributed by atoms with E-state index in [1.54, 1.807) is 30.1 Å². The lowest BCUT2D eigenvalue weighted by molar-refractivity contribution is 0.102. The summed E-state index contributed by atoms with van der Waals surface area (Å²) >= 11 is 0. The lowest BCUT2D eigenvalue weighted by Gasteiger charge is -2.12. The fraction of sp³-hybridized carbons (Fsp3) is 0.143. The number of nitrogens with one attached hydrogen (secondary N) is 2. The fourth-order valence-electron chi connectivity index (χ4n) is 3.17. The van der Waals surface area contributed by atoms with Crippen LogP contribution >= 0.6 is 0 Å². The maximum absolute atomic E-state index is 12.8. The molecule has 0 saturated heterocycles. The van der Waals surface area contributed by atoms with Crippen LogP contribution in [0.3, 0.4) is 0 Å². The summed E-state index contributed by atoms with van der Waals surface area (Å²) in [7, 11) is 3.70. The van der Waals surface area contributed by atoms with E-state index in [9.17, 15) is 4.79 Å². The second-order valence-corrected chi connectivity index (χ2v) is 6.53. The highest BCUT2D eigenvalue weighted by Gasteiger charge is 2.12. The van der Waals surface area contributed by atoms with Crippen LogP contribution in [0.15, 0.2) is 55.0 Å². The number of carbonyl (C=O) groups excluding carboxylic acids is 1. The molecule has 2 aromatic heterocycles. The molecule has 0 radical (unpaired) electrons. The van der Waals surface area contributed by atoms with E-state index in [0.717, 1.165) is 33.7 Å². The lowest BCUT2D eigenvalue weighted by Crippen LogP contribution is -2.13. The second-order valence-electron chi connectivity index (χ2n) is 6.53. The van der Waals surface area contributed by atoms with Gasteiger partial charge in [0.15, 0.2) is 0 Å². The molecular weight excluding hydrogens is 352 g/mol. The van der Waals surface area contributed by atoms with E-state index in [4.69, 9.17) is 0 Å². The first-order chi connectivity index (χ1) is 13.6. The highest BCUT2D eigenvalue weighted by atomic mass is 16.1. The van der Waals surface area contributed by atoms with Gasteiger partial charge in [-0.1, -0.05) is 12.1 Å². The van der Waals surface area contributed by atoms with Crippen LogP contribution in [-0.2, 0) is 7.05 Å². The van der Waals surface area contributed by atoms with Crippen molar-refractivity contribution in [3.05, 3.63) is 66.1 Å². The first kappa shape index (κ1) is 17.7. The standard InChI is InChI=1S/C21H20N6O/c1-13-4-5-14(19-8-9-25-27(19)3)10-17(13)26-21(28)15-6-7-16-18(11-15)23-12-24-20(16)22-2/h4-12H,1-3H3,(H,26,28)(H,22,23,24). The first-order valence-electron chi connectivity index (χ1n) is 8.89. The van der Waals surface area contributed by atoms with Crippen LogP contribution < -0.4 is 10.6 Å². The van der Waals surface area contributed by atoms with Gasteiger partial charge in [0.2, 0.25) is 0 Å². The zero-order chi connectivity index (χ0) is 19.7. The normalized spacial score (nSPS) is 10.8. The molecule has 0 atom stereocenters. The second kappa shape index (κ2) is 7.11. The van der Waals surface area contributed by atoms with Gasteiger partial charge in [-0.25, -0.2) is 9.97 Å². The minimum atomic E-state index is -0.184. The highest BCUT2D eigenvalue weighted by molar-refractivity contribution is 6.07. The Bertz CT molecular complexity index is 1180. The zero-order valence-electron chi connectivity index (χ0n) is 15.9. The van der Waals surface area contributed by atoms with Crippen molar-refractivity contribution in [1.29, 1.82) is 0 Å². The van der Waals surface area contributed by atoms with Crippen molar-refractivity contribution in [2.24, 2.45) is 7.05 Å². The molecule has 0 bridgehead atoms. The van der Waals surface area contributed by atoms with Gasteiger partial charge in [-0.15, -0.1) is 0 Å². The van der Waals surface area contributed by atoms with E-state index in [1.165, 1.54) is 6.33 Å². The van der Waals surface area contributed by atoms with Crippen LogP contribution in [0.5, 0.6) is 0 Å². The number of benzene rings is 2. The van der Waals surface area contributed by atoms with Gasteiger partial charge in [-0.05, 0) is 42.8 Å². The molecule has 2 heterocycles. The Morgan fingerprint density at radius 2 is 1.93 bits per heavy atom. The Balaban J connectivity index is 1.65. The molecule has 4 rings (SSSR count). The van der Waals surface area contributed by atoms with E-state index < -0.39 is 0 Å². The zero-order valence-corrected chi connectivity index (χ0v) is 15.9. The Morgan fingerprint density at radius 1 is 1.07 bits per heavy atom. The molecule has 0 aliphatic rings. The summed E-state index contributed by atoms with van der Waals surface area (Å²) in [6, 6.07) is 13.3. The molecule has 4 aromatic rings. The molecule has 2 aromatic carbocycles. The third-order valence-electron chi connectivity index (χ3n) is 4.74. The molecule has 0 unspecified atom stereocenters. The molecule has 28 heavy (non-hydrogen) atoms. The van der Waals surface area contributed by atoms with E-state index in [0.29, 0.717) is 11.1 Å². The van der Waals surface area contributed by atoms with Crippen LogP contribution in [0.1, 0.15) is 15.9 Å². The number of aryl methyl sites for hydroxylation is 2. The van der Waals surface area contributed by atoms with Gasteiger partial charge in [0.1, 0.15) is 12.1 Å². The Labute approximate surface area is 162 Å². The van der Waals surface area contributed by atoms with Crippen molar-refractivity contribution < 1.29 is 4.79 Å². The summed E-state index contributed by atoms with van der Waals surface area (Å²) in [6.45, 7) is 1.97. The van der Waals surface area contributed by atoms with Crippen molar-refractivity contribution in [1.82, 2.24) is 19.7 Å². The largest absolute Gasteiger partial charge is 0.373 e. The van der Waals surface area contributed by atoms with Gasteiger partial charge in [0, 0.05) is 42.5 Å². The van der Waals surface area contributed by atoms with Crippen molar-refractivity contribution in [3.8, 4) is 11.3 Å². The number of nitrogens with zero attached hydrogens (tertiary/aromatic N) is 4. The summed E-state index contributed by atoms with van der Waals surface area (Å²) in [5, 5.41) is 11.1. The minimum Gasteiger partial charge on any atom is -0.373 e. The molecule has 0 spiro atoms. The molecule has 0 fully saturated rings. The van der Waals surface area contributed by atoms with E-state index in [1.807, 2.05) is 44.3 Å². The quantitative estimate of drug-likeness (QED) is 0.571. The maximum atomic E-state index is 12.8. The Hall–Kier alpha value is -3.74. The van der Waals surface area contributed by atoms with Crippen LogP contribution in [0.4, 0.5) is 11.5 Å². The SMILES string of the molecule is CNc1ncnc2cc(C(=O)Nc3cc(-c4ccnn4C)ccc3C)ccc12. The van der Waals surface area contributed by atoms with E-state index >= 15 is 0 Å².